The van der Waals surface area contributed by atoms with Crippen LogP contribution in [0.3, 0.4) is 0 Å². The molecule has 118 valence electrons. The molecule has 3 heterocycles. The Morgan fingerprint density at radius 2 is 2.00 bits per heavy atom. The minimum absolute atomic E-state index is 0.0915. The topological polar surface area (TPSA) is 84.1 Å². The lowest BCUT2D eigenvalue weighted by Crippen LogP contribution is -2.40. The van der Waals surface area contributed by atoms with Gasteiger partial charge in [0.05, 0.1) is 17.2 Å². The second kappa shape index (κ2) is 5.42. The second-order valence-electron chi connectivity index (χ2n) is 5.72. The number of para-hydroxylation sites is 2. The molecule has 1 amide bonds. The van der Waals surface area contributed by atoms with E-state index in [1.54, 1.807) is 11.0 Å². The summed E-state index contributed by atoms with van der Waals surface area (Å²) in [7, 11) is 0. The number of carbonyl (C=O) groups is 1. The van der Waals surface area contributed by atoms with Crippen molar-refractivity contribution in [2.45, 2.75) is 18.9 Å². The third-order valence-corrected chi connectivity index (χ3v) is 4.39. The van der Waals surface area contributed by atoms with E-state index < -0.39 is 0 Å². The minimum Gasteiger partial charge on any atom is -0.351 e. The molecule has 1 aliphatic rings. The fourth-order valence-electron chi connectivity index (χ4n) is 3.25. The lowest BCUT2D eigenvalue weighted by Gasteiger charge is -2.31. The van der Waals surface area contributed by atoms with Gasteiger partial charge >= 0.3 is 5.69 Å². The van der Waals surface area contributed by atoms with Crippen LogP contribution in [0.25, 0.3) is 11.0 Å². The summed E-state index contributed by atoms with van der Waals surface area (Å²) in [6.45, 7) is 1.19. The van der Waals surface area contributed by atoms with Crippen LogP contribution in [-0.4, -0.2) is 38.6 Å². The summed E-state index contributed by atoms with van der Waals surface area (Å²) in [6, 6.07) is 9.33. The van der Waals surface area contributed by atoms with Crippen molar-refractivity contribution in [3.05, 3.63) is 52.8 Å². The number of piperidine rings is 1. The number of imidazole rings is 1. The van der Waals surface area contributed by atoms with Crippen molar-refractivity contribution in [3.8, 4) is 0 Å². The molecule has 1 aliphatic heterocycles. The Labute approximate surface area is 131 Å². The molecular weight excluding hydrogens is 296 g/mol. The second-order valence-corrected chi connectivity index (χ2v) is 5.72. The van der Waals surface area contributed by atoms with Gasteiger partial charge in [-0.15, -0.1) is 0 Å². The van der Waals surface area contributed by atoms with Gasteiger partial charge in [-0.05, 0) is 25.0 Å². The number of aromatic amines is 1. The maximum atomic E-state index is 12.3. The molecule has 0 radical (unpaired) electrons. The Morgan fingerprint density at radius 3 is 2.74 bits per heavy atom. The number of fused-ring (bicyclic) bond motifs is 1. The lowest BCUT2D eigenvalue weighted by molar-refractivity contribution is 0.0653. The molecule has 0 saturated carbocycles. The minimum atomic E-state index is -0.146. The SMILES string of the molecule is O=C(c1ccno1)N1CCC(n2c(=O)[nH]c3ccccc32)CC1. The number of carbonyl (C=O) groups excluding carboxylic acids is 1. The van der Waals surface area contributed by atoms with E-state index in [1.807, 2.05) is 28.8 Å². The van der Waals surface area contributed by atoms with Crippen LogP contribution in [0.5, 0.6) is 0 Å². The molecule has 0 spiro atoms. The zero-order valence-electron chi connectivity index (χ0n) is 12.4. The first-order valence-corrected chi connectivity index (χ1v) is 7.63. The van der Waals surface area contributed by atoms with Crippen molar-refractivity contribution in [3.63, 3.8) is 0 Å². The first-order valence-electron chi connectivity index (χ1n) is 7.63. The van der Waals surface area contributed by atoms with Gasteiger partial charge in [0.1, 0.15) is 0 Å². The zero-order chi connectivity index (χ0) is 15.8. The van der Waals surface area contributed by atoms with Crippen molar-refractivity contribution in [1.29, 1.82) is 0 Å². The number of nitrogens with zero attached hydrogens (tertiary/aromatic N) is 3. The molecule has 1 fully saturated rings. The van der Waals surface area contributed by atoms with E-state index in [4.69, 9.17) is 4.52 Å². The Bertz CT molecular complexity index is 886. The van der Waals surface area contributed by atoms with E-state index in [-0.39, 0.29) is 23.4 Å². The normalized spacial score (nSPS) is 16.1. The summed E-state index contributed by atoms with van der Waals surface area (Å²) >= 11 is 0. The highest BCUT2D eigenvalue weighted by molar-refractivity contribution is 5.91. The monoisotopic (exact) mass is 312 g/mol. The first kappa shape index (κ1) is 13.8. The zero-order valence-corrected chi connectivity index (χ0v) is 12.4. The number of nitrogens with one attached hydrogen (secondary N) is 1. The summed E-state index contributed by atoms with van der Waals surface area (Å²) in [5.74, 6) is 0.111. The molecule has 1 N–H and O–H groups in total. The van der Waals surface area contributed by atoms with E-state index in [1.165, 1.54) is 6.20 Å². The lowest BCUT2D eigenvalue weighted by atomic mass is 10.0. The molecule has 0 bridgehead atoms. The van der Waals surface area contributed by atoms with Gasteiger partial charge in [-0.2, -0.15) is 0 Å². The van der Waals surface area contributed by atoms with Crippen molar-refractivity contribution in [2.24, 2.45) is 0 Å². The molecule has 1 saturated heterocycles. The average molecular weight is 312 g/mol. The largest absolute Gasteiger partial charge is 0.351 e. The number of hydrogen-bond donors (Lipinski definition) is 1. The van der Waals surface area contributed by atoms with E-state index in [2.05, 4.69) is 10.1 Å². The summed E-state index contributed by atoms with van der Waals surface area (Å²) in [4.78, 5) is 29.1. The molecule has 7 heteroatoms. The molecule has 3 aromatic rings. The Hall–Kier alpha value is -2.83. The van der Waals surface area contributed by atoms with E-state index in [9.17, 15) is 9.59 Å². The van der Waals surface area contributed by atoms with Crippen LogP contribution in [0.15, 0.2) is 45.8 Å². The molecule has 23 heavy (non-hydrogen) atoms. The molecule has 7 nitrogen and oxygen atoms in total. The van der Waals surface area contributed by atoms with Crippen LogP contribution < -0.4 is 5.69 Å². The maximum Gasteiger partial charge on any atom is 0.326 e. The number of H-pyrrole nitrogens is 1. The third-order valence-electron chi connectivity index (χ3n) is 4.39. The third kappa shape index (κ3) is 2.34. The van der Waals surface area contributed by atoms with Gasteiger partial charge in [0.15, 0.2) is 0 Å². The average Bonchev–Trinajstić information content (AvgIpc) is 3.21. The number of aromatic nitrogens is 3. The molecular formula is C16H16N4O3. The summed E-state index contributed by atoms with van der Waals surface area (Å²) in [5, 5.41) is 3.57. The highest BCUT2D eigenvalue weighted by atomic mass is 16.5. The standard InChI is InChI=1S/C16H16N4O3/c21-15(14-5-8-17-23-14)19-9-6-11(7-10-19)20-13-4-2-1-3-12(13)18-16(20)22/h1-5,8,11H,6-7,9-10H2,(H,18,22). The molecule has 0 unspecified atom stereocenters. The van der Waals surface area contributed by atoms with E-state index in [0.717, 1.165) is 23.9 Å². The van der Waals surface area contributed by atoms with Gasteiger partial charge in [-0.1, -0.05) is 17.3 Å². The first-order chi connectivity index (χ1) is 11.2. The number of benzene rings is 1. The van der Waals surface area contributed by atoms with Crippen LogP contribution in [-0.2, 0) is 0 Å². The van der Waals surface area contributed by atoms with Crippen LogP contribution in [0.4, 0.5) is 0 Å². The van der Waals surface area contributed by atoms with Gasteiger partial charge in [-0.25, -0.2) is 4.79 Å². The van der Waals surface area contributed by atoms with Crippen molar-refractivity contribution >= 4 is 16.9 Å². The van der Waals surface area contributed by atoms with E-state index in [0.29, 0.717) is 13.1 Å². The van der Waals surface area contributed by atoms with Gasteiger partial charge in [-0.3, -0.25) is 9.36 Å². The van der Waals surface area contributed by atoms with Gasteiger partial charge < -0.3 is 14.4 Å². The van der Waals surface area contributed by atoms with E-state index >= 15 is 0 Å². The van der Waals surface area contributed by atoms with Gasteiger partial charge in [0, 0.05) is 25.2 Å². The quantitative estimate of drug-likeness (QED) is 0.782. The Kier molecular flexibility index (Phi) is 3.25. The highest BCUT2D eigenvalue weighted by Crippen LogP contribution is 2.25. The Balaban J connectivity index is 1.54. The van der Waals surface area contributed by atoms with Crippen LogP contribution in [0, 0.1) is 0 Å². The summed E-state index contributed by atoms with van der Waals surface area (Å²) in [6.07, 6.45) is 2.94. The maximum absolute atomic E-state index is 12.3. The van der Waals surface area contributed by atoms with Gasteiger partial charge in [0.2, 0.25) is 5.76 Å². The van der Waals surface area contributed by atoms with Crippen molar-refractivity contribution in [2.75, 3.05) is 13.1 Å². The smallest absolute Gasteiger partial charge is 0.326 e. The van der Waals surface area contributed by atoms with Crippen molar-refractivity contribution < 1.29 is 9.32 Å². The predicted molar refractivity (Wildman–Crippen MR) is 83.2 cm³/mol. The molecule has 0 aliphatic carbocycles. The number of rotatable bonds is 2. The molecule has 0 atom stereocenters. The Morgan fingerprint density at radius 1 is 1.22 bits per heavy atom. The fourth-order valence-corrected chi connectivity index (χ4v) is 3.25. The molecule has 4 rings (SSSR count). The van der Waals surface area contributed by atoms with Crippen LogP contribution in [0.1, 0.15) is 29.4 Å². The summed E-state index contributed by atoms with van der Waals surface area (Å²) < 4.78 is 6.73. The predicted octanol–water partition coefficient (Wildman–Crippen LogP) is 1.79. The number of amides is 1. The van der Waals surface area contributed by atoms with Crippen LogP contribution in [0.2, 0.25) is 0 Å². The highest BCUT2D eigenvalue weighted by Gasteiger charge is 2.27. The number of likely N-dealkylation sites (tertiary alicyclic amines) is 1. The number of hydrogen-bond acceptors (Lipinski definition) is 4. The fraction of sp³-hybridized carbons (Fsp3) is 0.312. The summed E-state index contributed by atoms with van der Waals surface area (Å²) in [5.41, 5.74) is 1.67. The molecule has 1 aromatic carbocycles. The van der Waals surface area contributed by atoms with Crippen molar-refractivity contribution in [1.82, 2.24) is 19.6 Å². The van der Waals surface area contributed by atoms with Crippen LogP contribution >= 0.6 is 0 Å². The molecule has 2 aromatic heterocycles. The van der Waals surface area contributed by atoms with Gasteiger partial charge in [0.25, 0.3) is 5.91 Å².